The third kappa shape index (κ3) is 5.69. The van der Waals surface area contributed by atoms with Gasteiger partial charge in [0.15, 0.2) is 0 Å². The second kappa shape index (κ2) is 10.3. The summed E-state index contributed by atoms with van der Waals surface area (Å²) < 4.78 is 11.1. The Morgan fingerprint density at radius 1 is 0.857 bits per heavy atom. The van der Waals surface area contributed by atoms with Crippen LogP contribution in [0.4, 0.5) is 0 Å². The lowest BCUT2D eigenvalue weighted by molar-refractivity contribution is 0.0680. The van der Waals surface area contributed by atoms with E-state index in [9.17, 15) is 4.79 Å². The number of carbonyl (C=O) groups excluding carboxylic acids is 1. The monoisotopic (exact) mass is 375 g/mol. The van der Waals surface area contributed by atoms with Crippen LogP contribution in [0.2, 0.25) is 0 Å². The molecule has 0 bridgehead atoms. The fourth-order valence-corrected chi connectivity index (χ4v) is 2.90. The first kappa shape index (κ1) is 19.6. The average Bonchev–Trinajstić information content (AvgIpc) is 2.76. The van der Waals surface area contributed by atoms with E-state index >= 15 is 0 Å². The molecule has 0 aliphatic heterocycles. The summed E-state index contributed by atoms with van der Waals surface area (Å²) in [5.74, 6) is 0.646. The van der Waals surface area contributed by atoms with Crippen molar-refractivity contribution in [3.8, 4) is 5.75 Å². The van der Waals surface area contributed by atoms with Gasteiger partial charge in [-0.2, -0.15) is 0 Å². The predicted octanol–water partition coefficient (Wildman–Crippen LogP) is 4.55. The molecule has 0 atom stereocenters. The molecule has 0 radical (unpaired) electrons. The van der Waals surface area contributed by atoms with E-state index < -0.39 is 0 Å². The second-order valence-corrected chi connectivity index (χ2v) is 6.51. The summed E-state index contributed by atoms with van der Waals surface area (Å²) in [7, 11) is 1.64. The van der Waals surface area contributed by atoms with Gasteiger partial charge in [0.05, 0.1) is 6.61 Å². The molecule has 3 rings (SSSR count). The van der Waals surface area contributed by atoms with Crippen molar-refractivity contribution in [2.24, 2.45) is 0 Å². The van der Waals surface area contributed by atoms with Crippen LogP contribution >= 0.6 is 0 Å². The molecule has 0 fully saturated rings. The first-order valence-electron chi connectivity index (χ1n) is 9.35. The lowest BCUT2D eigenvalue weighted by Crippen LogP contribution is -2.33. The normalized spacial score (nSPS) is 10.5. The van der Waals surface area contributed by atoms with Gasteiger partial charge in [0.2, 0.25) is 0 Å². The van der Waals surface area contributed by atoms with Crippen molar-refractivity contribution in [1.82, 2.24) is 4.90 Å². The van der Waals surface area contributed by atoms with Crippen LogP contribution in [0.15, 0.2) is 84.9 Å². The number of hydrogen-bond acceptors (Lipinski definition) is 3. The first-order chi connectivity index (χ1) is 13.8. The van der Waals surface area contributed by atoms with E-state index in [2.05, 4.69) is 0 Å². The van der Waals surface area contributed by atoms with E-state index in [0.29, 0.717) is 37.6 Å². The van der Waals surface area contributed by atoms with Gasteiger partial charge >= 0.3 is 0 Å². The molecule has 0 N–H and O–H groups in total. The van der Waals surface area contributed by atoms with Gasteiger partial charge in [-0.25, -0.2) is 0 Å². The van der Waals surface area contributed by atoms with E-state index in [1.54, 1.807) is 18.1 Å². The van der Waals surface area contributed by atoms with Crippen molar-refractivity contribution >= 4 is 5.91 Å². The van der Waals surface area contributed by atoms with Gasteiger partial charge in [0.25, 0.3) is 5.91 Å². The van der Waals surface area contributed by atoms with Crippen molar-refractivity contribution in [2.75, 3.05) is 20.3 Å². The predicted molar refractivity (Wildman–Crippen MR) is 110 cm³/mol. The summed E-state index contributed by atoms with van der Waals surface area (Å²) in [5, 5.41) is 0. The molecule has 0 saturated carbocycles. The van der Waals surface area contributed by atoms with Crippen LogP contribution in [-0.2, 0) is 17.9 Å². The lowest BCUT2D eigenvalue weighted by atomic mass is 10.1. The minimum atomic E-state index is -0.0361. The number of nitrogens with zero attached hydrogens (tertiary/aromatic N) is 1. The first-order valence-corrected chi connectivity index (χ1v) is 9.35. The number of rotatable bonds is 9. The SMILES string of the molecule is COCCN(Cc1ccccc1)C(=O)c1cccc(OCc2ccccc2)c1. The molecule has 0 saturated heterocycles. The maximum Gasteiger partial charge on any atom is 0.254 e. The second-order valence-electron chi connectivity index (χ2n) is 6.51. The minimum Gasteiger partial charge on any atom is -0.489 e. The van der Waals surface area contributed by atoms with Crippen LogP contribution in [0.5, 0.6) is 5.75 Å². The zero-order valence-electron chi connectivity index (χ0n) is 16.1. The van der Waals surface area contributed by atoms with Gasteiger partial charge < -0.3 is 14.4 Å². The van der Waals surface area contributed by atoms with Gasteiger partial charge in [-0.1, -0.05) is 66.7 Å². The Balaban J connectivity index is 1.71. The van der Waals surface area contributed by atoms with Crippen molar-refractivity contribution in [2.45, 2.75) is 13.2 Å². The molecular formula is C24H25NO3. The Labute approximate surface area is 166 Å². The third-order valence-electron chi connectivity index (χ3n) is 4.40. The molecule has 0 spiro atoms. The topological polar surface area (TPSA) is 38.8 Å². The van der Waals surface area contributed by atoms with Crippen molar-refractivity contribution in [3.63, 3.8) is 0 Å². The Morgan fingerprint density at radius 3 is 2.21 bits per heavy atom. The Morgan fingerprint density at radius 2 is 1.54 bits per heavy atom. The van der Waals surface area contributed by atoms with Gasteiger partial charge in [-0.05, 0) is 29.3 Å². The molecular weight excluding hydrogens is 350 g/mol. The fourth-order valence-electron chi connectivity index (χ4n) is 2.90. The molecule has 4 heteroatoms. The van der Waals surface area contributed by atoms with Crippen LogP contribution < -0.4 is 4.74 Å². The maximum atomic E-state index is 13.1. The summed E-state index contributed by atoms with van der Waals surface area (Å²) in [5.41, 5.74) is 2.78. The number of ether oxygens (including phenoxy) is 2. The smallest absolute Gasteiger partial charge is 0.254 e. The van der Waals surface area contributed by atoms with Crippen molar-refractivity contribution in [1.29, 1.82) is 0 Å². The standard InChI is InChI=1S/C24H25NO3/c1-27-16-15-25(18-20-9-4-2-5-10-20)24(26)22-13-8-14-23(17-22)28-19-21-11-6-3-7-12-21/h2-14,17H,15-16,18-19H2,1H3. The number of hydrogen-bond donors (Lipinski definition) is 0. The molecule has 3 aromatic rings. The largest absolute Gasteiger partial charge is 0.489 e. The van der Waals surface area contributed by atoms with Crippen LogP contribution in [-0.4, -0.2) is 31.1 Å². The number of amides is 1. The van der Waals surface area contributed by atoms with Crippen LogP contribution in [0, 0.1) is 0 Å². The molecule has 0 aliphatic rings. The highest BCUT2D eigenvalue weighted by molar-refractivity contribution is 5.94. The fraction of sp³-hybridized carbons (Fsp3) is 0.208. The summed E-state index contributed by atoms with van der Waals surface area (Å²) in [6.45, 7) is 2.02. The van der Waals surface area contributed by atoms with E-state index in [0.717, 1.165) is 11.1 Å². The summed E-state index contributed by atoms with van der Waals surface area (Å²) in [4.78, 5) is 14.9. The molecule has 144 valence electrons. The summed E-state index contributed by atoms with van der Waals surface area (Å²) in [6.07, 6.45) is 0. The van der Waals surface area contributed by atoms with Crippen molar-refractivity contribution in [3.05, 3.63) is 102 Å². The van der Waals surface area contributed by atoms with Crippen molar-refractivity contribution < 1.29 is 14.3 Å². The number of benzene rings is 3. The van der Waals surface area contributed by atoms with Gasteiger partial charge in [-0.15, -0.1) is 0 Å². The highest BCUT2D eigenvalue weighted by atomic mass is 16.5. The minimum absolute atomic E-state index is 0.0361. The molecule has 4 nitrogen and oxygen atoms in total. The number of methoxy groups -OCH3 is 1. The van der Waals surface area contributed by atoms with Crippen LogP contribution in [0.3, 0.4) is 0 Å². The molecule has 0 aromatic heterocycles. The lowest BCUT2D eigenvalue weighted by Gasteiger charge is -2.23. The molecule has 1 amide bonds. The highest BCUT2D eigenvalue weighted by Crippen LogP contribution is 2.18. The van der Waals surface area contributed by atoms with Crippen LogP contribution in [0.1, 0.15) is 21.5 Å². The quantitative estimate of drug-likeness (QED) is 0.551. The van der Waals surface area contributed by atoms with E-state index in [-0.39, 0.29) is 5.91 Å². The highest BCUT2D eigenvalue weighted by Gasteiger charge is 2.16. The molecule has 0 unspecified atom stereocenters. The van der Waals surface area contributed by atoms with E-state index in [1.807, 2.05) is 78.9 Å². The van der Waals surface area contributed by atoms with E-state index in [1.165, 1.54) is 0 Å². The van der Waals surface area contributed by atoms with Crippen LogP contribution in [0.25, 0.3) is 0 Å². The zero-order chi connectivity index (χ0) is 19.6. The number of carbonyl (C=O) groups is 1. The van der Waals surface area contributed by atoms with E-state index in [4.69, 9.17) is 9.47 Å². The molecule has 28 heavy (non-hydrogen) atoms. The van der Waals surface area contributed by atoms with Gasteiger partial charge in [0, 0.05) is 25.8 Å². The van der Waals surface area contributed by atoms with Gasteiger partial charge in [0.1, 0.15) is 12.4 Å². The Hall–Kier alpha value is -3.11. The molecule has 3 aromatic carbocycles. The van der Waals surface area contributed by atoms with Gasteiger partial charge in [-0.3, -0.25) is 4.79 Å². The molecule has 0 heterocycles. The average molecular weight is 375 g/mol. The third-order valence-corrected chi connectivity index (χ3v) is 4.40. The Bertz CT molecular complexity index is 865. The summed E-state index contributed by atoms with van der Waals surface area (Å²) in [6, 6.07) is 27.3. The maximum absolute atomic E-state index is 13.1. The summed E-state index contributed by atoms with van der Waals surface area (Å²) >= 11 is 0. The Kier molecular flexibility index (Phi) is 7.21. The zero-order valence-corrected chi connectivity index (χ0v) is 16.1. The molecule has 0 aliphatic carbocycles.